The Hall–Kier alpha value is -3.02. The van der Waals surface area contributed by atoms with E-state index in [-0.39, 0.29) is 5.84 Å². The number of benzene rings is 2. The molecule has 2 aromatic rings. The van der Waals surface area contributed by atoms with Crippen LogP contribution in [-0.2, 0) is 0 Å². The lowest BCUT2D eigenvalue weighted by Crippen LogP contribution is -2.13. The van der Waals surface area contributed by atoms with Crippen molar-refractivity contribution < 1.29 is 9.47 Å². The Balaban J connectivity index is 0.000000326. The Morgan fingerprint density at radius 1 is 0.793 bits per heavy atom. The average Bonchev–Trinajstić information content (AvgIpc) is 2.76. The number of nitrogens with two attached hydrogens (primary N) is 2. The summed E-state index contributed by atoms with van der Waals surface area (Å²) in [4.78, 5) is 4.40. The summed E-state index contributed by atoms with van der Waals surface area (Å²) >= 11 is 0. The first-order valence-corrected chi connectivity index (χ1v) is 9.94. The molecule has 0 aromatic heterocycles. The van der Waals surface area contributed by atoms with Gasteiger partial charge in [0.05, 0.1) is 14.2 Å². The summed E-state index contributed by atoms with van der Waals surface area (Å²) in [5, 5.41) is 7.10. The van der Waals surface area contributed by atoms with E-state index in [2.05, 4.69) is 11.9 Å². The van der Waals surface area contributed by atoms with Gasteiger partial charge in [-0.1, -0.05) is 32.6 Å². The third kappa shape index (κ3) is 9.65. The van der Waals surface area contributed by atoms with Gasteiger partial charge in [0.25, 0.3) is 0 Å². The molecule has 0 atom stereocenters. The number of hydrogen-bond acceptors (Lipinski definition) is 4. The van der Waals surface area contributed by atoms with E-state index in [1.165, 1.54) is 25.7 Å². The van der Waals surface area contributed by atoms with Crippen LogP contribution >= 0.6 is 0 Å². The molecule has 0 amide bonds. The van der Waals surface area contributed by atoms with Gasteiger partial charge in [-0.3, -0.25) is 10.4 Å². The SMILES string of the molecule is CCCCCCCN=C(N)c1ccc(OC)cc1.COc1ccc(C(=N)N)cc1. The van der Waals surface area contributed by atoms with Crippen LogP contribution in [0.5, 0.6) is 11.5 Å². The Bertz CT molecular complexity index is 740. The molecule has 0 aliphatic carbocycles. The lowest BCUT2D eigenvalue weighted by atomic mass is 10.1. The van der Waals surface area contributed by atoms with E-state index in [9.17, 15) is 0 Å². The van der Waals surface area contributed by atoms with Crippen LogP contribution in [0.3, 0.4) is 0 Å². The molecule has 6 heteroatoms. The molecule has 0 unspecified atom stereocenters. The Labute approximate surface area is 174 Å². The first-order chi connectivity index (χ1) is 14.0. The molecule has 5 N–H and O–H groups in total. The first-order valence-electron chi connectivity index (χ1n) is 9.94. The Morgan fingerprint density at radius 3 is 1.72 bits per heavy atom. The highest BCUT2D eigenvalue weighted by Gasteiger charge is 1.98. The van der Waals surface area contributed by atoms with Crippen molar-refractivity contribution in [1.29, 1.82) is 5.41 Å². The lowest BCUT2D eigenvalue weighted by molar-refractivity contribution is 0.414. The number of methoxy groups -OCH3 is 2. The van der Waals surface area contributed by atoms with E-state index in [4.69, 9.17) is 26.4 Å². The molecule has 0 saturated heterocycles. The largest absolute Gasteiger partial charge is 0.497 e. The summed E-state index contributed by atoms with van der Waals surface area (Å²) in [5.41, 5.74) is 12.9. The highest BCUT2D eigenvalue weighted by atomic mass is 16.5. The fraction of sp³-hybridized carbons (Fsp3) is 0.391. The number of nitrogen functional groups attached to an aromatic ring is 1. The van der Waals surface area contributed by atoms with Crippen molar-refractivity contribution in [1.82, 2.24) is 0 Å². The van der Waals surface area contributed by atoms with Crippen LogP contribution in [0.2, 0.25) is 0 Å². The highest BCUT2D eigenvalue weighted by molar-refractivity contribution is 5.97. The topological polar surface area (TPSA) is 107 Å². The standard InChI is InChI=1S/C15H24N2O.C8H10N2O/c1-3-4-5-6-7-12-17-15(16)13-8-10-14(18-2)11-9-13;1-11-7-4-2-6(3-5-7)8(9)10/h8-11H,3-7,12H2,1-2H3,(H2,16,17);2-5H,1H3,(H3,9,10). The molecular weight excluding hydrogens is 364 g/mol. The second kappa shape index (κ2) is 14.0. The maximum Gasteiger partial charge on any atom is 0.125 e. The highest BCUT2D eigenvalue weighted by Crippen LogP contribution is 2.11. The molecule has 158 valence electrons. The predicted molar refractivity (Wildman–Crippen MR) is 121 cm³/mol. The average molecular weight is 399 g/mol. The van der Waals surface area contributed by atoms with Gasteiger partial charge in [-0.2, -0.15) is 0 Å². The Morgan fingerprint density at radius 2 is 1.28 bits per heavy atom. The van der Waals surface area contributed by atoms with Crippen molar-refractivity contribution in [3.63, 3.8) is 0 Å². The van der Waals surface area contributed by atoms with Gasteiger partial charge in [0.15, 0.2) is 0 Å². The lowest BCUT2D eigenvalue weighted by Gasteiger charge is -2.03. The van der Waals surface area contributed by atoms with Gasteiger partial charge >= 0.3 is 0 Å². The molecule has 6 nitrogen and oxygen atoms in total. The molecule has 0 aliphatic heterocycles. The Kier molecular flexibility index (Phi) is 11.6. The van der Waals surface area contributed by atoms with Crippen molar-refractivity contribution in [3.8, 4) is 11.5 Å². The van der Waals surface area contributed by atoms with Gasteiger partial charge in [-0.25, -0.2) is 0 Å². The fourth-order valence-corrected chi connectivity index (χ4v) is 2.54. The number of hydrogen-bond donors (Lipinski definition) is 3. The quantitative estimate of drug-likeness (QED) is 0.314. The summed E-state index contributed by atoms with van der Waals surface area (Å²) in [6, 6.07) is 14.7. The number of aliphatic imine (C=N–C) groups is 1. The minimum absolute atomic E-state index is 0.0765. The summed E-state index contributed by atoms with van der Waals surface area (Å²) in [6.45, 7) is 3.04. The molecule has 2 rings (SSSR count). The van der Waals surface area contributed by atoms with Gasteiger partial charge in [0, 0.05) is 17.7 Å². The number of nitrogens with one attached hydrogen (secondary N) is 1. The van der Waals surface area contributed by atoms with Gasteiger partial charge in [0.1, 0.15) is 23.2 Å². The first kappa shape index (κ1) is 24.0. The van der Waals surface area contributed by atoms with Crippen LogP contribution in [0.15, 0.2) is 53.5 Å². The van der Waals surface area contributed by atoms with Crippen LogP contribution in [0, 0.1) is 5.41 Å². The molecule has 0 heterocycles. The molecule has 0 fully saturated rings. The third-order valence-corrected chi connectivity index (χ3v) is 4.33. The van der Waals surface area contributed by atoms with E-state index in [0.29, 0.717) is 11.4 Å². The summed E-state index contributed by atoms with van der Waals surface area (Å²) < 4.78 is 10.0. The fourth-order valence-electron chi connectivity index (χ4n) is 2.54. The van der Waals surface area contributed by atoms with Gasteiger partial charge in [-0.05, 0) is 55.0 Å². The zero-order valence-electron chi connectivity index (χ0n) is 17.8. The summed E-state index contributed by atoms with van der Waals surface area (Å²) in [6.07, 6.45) is 6.26. The van der Waals surface area contributed by atoms with Crippen molar-refractivity contribution in [2.45, 2.75) is 39.0 Å². The molecular formula is C23H34N4O2. The van der Waals surface area contributed by atoms with E-state index in [1.807, 2.05) is 24.3 Å². The zero-order chi connectivity index (χ0) is 21.5. The maximum atomic E-state index is 7.10. The third-order valence-electron chi connectivity index (χ3n) is 4.33. The predicted octanol–water partition coefficient (Wildman–Crippen LogP) is 4.35. The van der Waals surface area contributed by atoms with Gasteiger partial charge in [-0.15, -0.1) is 0 Å². The van der Waals surface area contributed by atoms with Crippen molar-refractivity contribution in [3.05, 3.63) is 59.7 Å². The number of amidine groups is 2. The zero-order valence-corrected chi connectivity index (χ0v) is 17.8. The number of unbranched alkanes of at least 4 members (excludes halogenated alkanes) is 4. The van der Waals surface area contributed by atoms with Gasteiger partial charge in [0.2, 0.25) is 0 Å². The maximum absolute atomic E-state index is 7.10. The van der Waals surface area contributed by atoms with Crippen molar-refractivity contribution in [2.24, 2.45) is 16.5 Å². The smallest absolute Gasteiger partial charge is 0.125 e. The summed E-state index contributed by atoms with van der Waals surface area (Å²) in [5.74, 6) is 2.31. The number of nitrogens with zero attached hydrogens (tertiary/aromatic N) is 1. The number of ether oxygens (including phenoxy) is 2. The van der Waals surface area contributed by atoms with Crippen molar-refractivity contribution >= 4 is 11.7 Å². The molecule has 0 radical (unpaired) electrons. The van der Waals surface area contributed by atoms with Gasteiger partial charge < -0.3 is 20.9 Å². The van der Waals surface area contributed by atoms with Crippen LogP contribution in [0.1, 0.15) is 50.2 Å². The normalized spacial score (nSPS) is 10.7. The van der Waals surface area contributed by atoms with Crippen LogP contribution < -0.4 is 20.9 Å². The molecule has 0 saturated carbocycles. The molecule has 0 aliphatic rings. The van der Waals surface area contributed by atoms with E-state index in [1.54, 1.807) is 38.5 Å². The van der Waals surface area contributed by atoms with Crippen LogP contribution in [-0.4, -0.2) is 32.4 Å². The minimum Gasteiger partial charge on any atom is -0.497 e. The molecule has 29 heavy (non-hydrogen) atoms. The molecule has 0 bridgehead atoms. The molecule has 0 spiro atoms. The van der Waals surface area contributed by atoms with E-state index < -0.39 is 0 Å². The second-order valence-corrected chi connectivity index (χ2v) is 6.55. The summed E-state index contributed by atoms with van der Waals surface area (Å²) in [7, 11) is 3.26. The van der Waals surface area contributed by atoms with Crippen LogP contribution in [0.4, 0.5) is 0 Å². The number of rotatable bonds is 10. The van der Waals surface area contributed by atoms with Crippen LogP contribution in [0.25, 0.3) is 0 Å². The monoisotopic (exact) mass is 398 g/mol. The second-order valence-electron chi connectivity index (χ2n) is 6.55. The minimum atomic E-state index is 0.0765. The van der Waals surface area contributed by atoms with E-state index >= 15 is 0 Å². The molecule has 2 aromatic carbocycles. The van der Waals surface area contributed by atoms with E-state index in [0.717, 1.165) is 30.0 Å². The van der Waals surface area contributed by atoms with Crippen molar-refractivity contribution in [2.75, 3.05) is 20.8 Å².